The molecule has 0 aliphatic heterocycles. The summed E-state index contributed by atoms with van der Waals surface area (Å²) in [5.74, 6) is -0.283. The number of aromatic nitrogens is 2. The number of anilines is 1. The molecule has 3 aromatic rings. The van der Waals surface area contributed by atoms with Crippen LogP contribution in [-0.2, 0) is 4.79 Å². The molecule has 3 rings (SSSR count). The lowest BCUT2D eigenvalue weighted by molar-refractivity contribution is -0.119. The number of nitrogens with one attached hydrogen (secondary N) is 1. The van der Waals surface area contributed by atoms with Gasteiger partial charge in [-0.3, -0.25) is 9.59 Å². The van der Waals surface area contributed by atoms with Crippen molar-refractivity contribution in [2.24, 2.45) is 0 Å². The van der Waals surface area contributed by atoms with Gasteiger partial charge in [-0.1, -0.05) is 35.9 Å². The Labute approximate surface area is 158 Å². The molecule has 0 saturated heterocycles. The highest BCUT2D eigenvalue weighted by Gasteiger charge is 2.18. The van der Waals surface area contributed by atoms with Gasteiger partial charge in [0.15, 0.2) is 0 Å². The van der Waals surface area contributed by atoms with Crippen LogP contribution >= 0.6 is 0 Å². The maximum Gasteiger partial charge on any atom is 0.267 e. The molecule has 1 heterocycles. The van der Waals surface area contributed by atoms with Crippen molar-refractivity contribution in [2.75, 3.05) is 5.32 Å². The fourth-order valence-electron chi connectivity index (χ4n) is 2.76. The van der Waals surface area contributed by atoms with E-state index < -0.39 is 6.04 Å². The first-order chi connectivity index (χ1) is 12.8. The molecular weight excluding hydrogens is 338 g/mol. The van der Waals surface area contributed by atoms with Crippen LogP contribution < -0.4 is 10.9 Å². The van der Waals surface area contributed by atoms with Gasteiger partial charge in [-0.15, -0.1) is 0 Å². The van der Waals surface area contributed by atoms with Crippen molar-refractivity contribution < 1.29 is 4.79 Å². The summed E-state index contributed by atoms with van der Waals surface area (Å²) in [5, 5.41) is 7.27. The lowest BCUT2D eigenvalue weighted by atomic mass is 10.1. The summed E-state index contributed by atoms with van der Waals surface area (Å²) in [6.07, 6.45) is 0. The van der Waals surface area contributed by atoms with Gasteiger partial charge in [0, 0.05) is 17.3 Å². The largest absolute Gasteiger partial charge is 0.324 e. The van der Waals surface area contributed by atoms with Crippen LogP contribution in [0.4, 0.5) is 5.69 Å². The normalized spacial score (nSPS) is 11.9. The van der Waals surface area contributed by atoms with Crippen molar-refractivity contribution in [1.82, 2.24) is 9.78 Å². The molecule has 1 unspecified atom stereocenters. The van der Waals surface area contributed by atoms with E-state index in [1.165, 1.54) is 10.7 Å². The Morgan fingerprint density at radius 2 is 1.67 bits per heavy atom. The number of carbonyl (C=O) groups is 1. The molecule has 2 aromatic carbocycles. The predicted molar refractivity (Wildman–Crippen MR) is 108 cm³/mol. The molecule has 1 amide bonds. The van der Waals surface area contributed by atoms with E-state index in [0.717, 1.165) is 22.3 Å². The Kier molecular flexibility index (Phi) is 5.21. The van der Waals surface area contributed by atoms with Crippen LogP contribution in [0.5, 0.6) is 0 Å². The monoisotopic (exact) mass is 361 g/mol. The second kappa shape index (κ2) is 7.58. The first-order valence-electron chi connectivity index (χ1n) is 8.90. The third-order valence-corrected chi connectivity index (χ3v) is 4.69. The molecule has 0 aliphatic carbocycles. The van der Waals surface area contributed by atoms with E-state index in [9.17, 15) is 9.59 Å². The maximum atomic E-state index is 12.6. The third-order valence-electron chi connectivity index (χ3n) is 4.69. The topological polar surface area (TPSA) is 64.0 Å². The number of nitrogens with zero attached hydrogens (tertiary/aromatic N) is 2. The number of hydrogen-bond acceptors (Lipinski definition) is 3. The Morgan fingerprint density at radius 3 is 2.33 bits per heavy atom. The molecule has 0 aliphatic rings. The van der Waals surface area contributed by atoms with Gasteiger partial charge in [0.25, 0.3) is 5.56 Å². The van der Waals surface area contributed by atoms with E-state index in [2.05, 4.69) is 10.4 Å². The van der Waals surface area contributed by atoms with Crippen molar-refractivity contribution in [3.8, 4) is 11.3 Å². The van der Waals surface area contributed by atoms with Gasteiger partial charge in [0.2, 0.25) is 5.91 Å². The highest BCUT2D eigenvalue weighted by molar-refractivity contribution is 5.93. The number of aryl methyl sites for hydroxylation is 3. The Balaban J connectivity index is 1.86. The van der Waals surface area contributed by atoms with E-state index in [1.807, 2.05) is 63.2 Å². The van der Waals surface area contributed by atoms with Gasteiger partial charge in [-0.2, -0.15) is 5.10 Å². The summed E-state index contributed by atoms with van der Waals surface area (Å²) in [4.78, 5) is 24.9. The zero-order valence-electron chi connectivity index (χ0n) is 16.0. The Hall–Kier alpha value is -3.21. The molecule has 1 atom stereocenters. The number of benzene rings is 2. The van der Waals surface area contributed by atoms with Gasteiger partial charge in [-0.05, 0) is 57.0 Å². The van der Waals surface area contributed by atoms with Crippen molar-refractivity contribution in [3.05, 3.63) is 81.6 Å². The molecule has 1 aromatic heterocycles. The molecule has 0 saturated carbocycles. The van der Waals surface area contributed by atoms with Crippen LogP contribution in [0.15, 0.2) is 59.4 Å². The van der Waals surface area contributed by atoms with Crippen LogP contribution in [0.25, 0.3) is 11.3 Å². The van der Waals surface area contributed by atoms with Gasteiger partial charge in [-0.25, -0.2) is 4.68 Å². The van der Waals surface area contributed by atoms with Crippen LogP contribution in [0.1, 0.15) is 29.7 Å². The van der Waals surface area contributed by atoms with Gasteiger partial charge >= 0.3 is 0 Å². The fraction of sp³-hybridized carbons (Fsp3) is 0.227. The third kappa shape index (κ3) is 4.14. The molecule has 5 heteroatoms. The summed E-state index contributed by atoms with van der Waals surface area (Å²) >= 11 is 0. The molecule has 138 valence electrons. The number of rotatable bonds is 4. The molecule has 0 spiro atoms. The van der Waals surface area contributed by atoms with Gasteiger partial charge in [0.05, 0.1) is 5.69 Å². The van der Waals surface area contributed by atoms with E-state index in [1.54, 1.807) is 13.0 Å². The highest BCUT2D eigenvalue weighted by Crippen LogP contribution is 2.18. The zero-order chi connectivity index (χ0) is 19.6. The second-order valence-corrected chi connectivity index (χ2v) is 6.83. The lowest BCUT2D eigenvalue weighted by Crippen LogP contribution is -2.33. The van der Waals surface area contributed by atoms with E-state index in [0.29, 0.717) is 11.4 Å². The van der Waals surface area contributed by atoms with E-state index in [4.69, 9.17) is 0 Å². The summed E-state index contributed by atoms with van der Waals surface area (Å²) in [7, 11) is 0. The molecule has 0 radical (unpaired) electrons. The van der Waals surface area contributed by atoms with E-state index in [-0.39, 0.29) is 11.5 Å². The predicted octanol–water partition coefficient (Wildman–Crippen LogP) is 4.04. The summed E-state index contributed by atoms with van der Waals surface area (Å²) in [6.45, 7) is 7.69. The smallest absolute Gasteiger partial charge is 0.267 e. The molecule has 0 fully saturated rings. The molecule has 5 nitrogen and oxygen atoms in total. The number of amides is 1. The average Bonchev–Trinajstić information content (AvgIpc) is 2.65. The average molecular weight is 361 g/mol. The van der Waals surface area contributed by atoms with Gasteiger partial charge < -0.3 is 5.32 Å². The summed E-state index contributed by atoms with van der Waals surface area (Å²) < 4.78 is 1.23. The van der Waals surface area contributed by atoms with Crippen LogP contribution in [-0.4, -0.2) is 15.7 Å². The highest BCUT2D eigenvalue weighted by atomic mass is 16.2. The van der Waals surface area contributed by atoms with Crippen LogP contribution in [0, 0.1) is 20.8 Å². The molecule has 0 bridgehead atoms. The number of carbonyl (C=O) groups excluding carboxylic acids is 1. The first kappa shape index (κ1) is 18.6. The minimum Gasteiger partial charge on any atom is -0.324 e. The molecular formula is C22H23N3O2. The van der Waals surface area contributed by atoms with Crippen LogP contribution in [0.2, 0.25) is 0 Å². The lowest BCUT2D eigenvalue weighted by Gasteiger charge is -2.15. The minimum atomic E-state index is -0.732. The standard InChI is InChI=1S/C22H23N3O2/c1-14-5-8-18(9-6-14)20-11-12-21(26)25(24-20)17(4)22(27)23-19-10-7-15(2)16(3)13-19/h5-13,17H,1-4H3,(H,23,27). The van der Waals surface area contributed by atoms with Crippen molar-refractivity contribution in [2.45, 2.75) is 33.7 Å². The number of hydrogen-bond donors (Lipinski definition) is 1. The van der Waals surface area contributed by atoms with Crippen molar-refractivity contribution in [3.63, 3.8) is 0 Å². The SMILES string of the molecule is Cc1ccc(-c2ccc(=O)n(C(C)C(=O)Nc3ccc(C)c(C)c3)n2)cc1. The molecule has 27 heavy (non-hydrogen) atoms. The van der Waals surface area contributed by atoms with Crippen molar-refractivity contribution >= 4 is 11.6 Å². The fourth-order valence-corrected chi connectivity index (χ4v) is 2.76. The summed E-state index contributed by atoms with van der Waals surface area (Å²) in [5.41, 5.74) is 5.35. The Morgan fingerprint density at radius 1 is 0.963 bits per heavy atom. The van der Waals surface area contributed by atoms with Crippen molar-refractivity contribution in [1.29, 1.82) is 0 Å². The van der Waals surface area contributed by atoms with E-state index >= 15 is 0 Å². The molecule has 1 N–H and O–H groups in total. The van der Waals surface area contributed by atoms with Crippen LogP contribution in [0.3, 0.4) is 0 Å². The second-order valence-electron chi connectivity index (χ2n) is 6.83. The summed E-state index contributed by atoms with van der Waals surface area (Å²) in [6, 6.07) is 16.0. The Bertz CT molecular complexity index is 1040. The maximum absolute atomic E-state index is 12.6. The first-order valence-corrected chi connectivity index (χ1v) is 8.90. The van der Waals surface area contributed by atoms with Gasteiger partial charge in [0.1, 0.15) is 6.04 Å². The quantitative estimate of drug-likeness (QED) is 0.763. The zero-order valence-corrected chi connectivity index (χ0v) is 16.0. The minimum absolute atomic E-state index is 0.283.